The maximum absolute atomic E-state index is 9.86. The molecule has 0 bridgehead atoms. The molecule has 7 heavy (non-hydrogen) atoms. The van der Waals surface area contributed by atoms with Gasteiger partial charge in [-0.05, 0) is 6.92 Å². The standard InChI is InChI=1S/C4H7BO2/c1-3(2-5)4(6)7/h2H,5H2,1H3,(H,6,7). The molecule has 2 nitrogen and oxygen atoms in total. The highest BCUT2D eigenvalue weighted by Crippen LogP contribution is 1.85. The van der Waals surface area contributed by atoms with Crippen molar-refractivity contribution in [2.75, 3.05) is 0 Å². The molecule has 1 N–H and O–H groups in total. The number of hydrogen-bond donors (Lipinski definition) is 1. The molecule has 0 aromatic rings. The number of rotatable bonds is 1. The number of aliphatic carboxylic acids is 1. The second-order valence-electron chi connectivity index (χ2n) is 1.28. The Morgan fingerprint density at radius 1 is 1.86 bits per heavy atom. The van der Waals surface area contributed by atoms with Gasteiger partial charge >= 0.3 is 5.97 Å². The van der Waals surface area contributed by atoms with Crippen molar-refractivity contribution in [3.8, 4) is 0 Å². The van der Waals surface area contributed by atoms with Gasteiger partial charge in [0, 0.05) is 5.57 Å². The molecule has 38 valence electrons. The van der Waals surface area contributed by atoms with Crippen molar-refractivity contribution in [3.63, 3.8) is 0 Å². The Hall–Kier alpha value is -0.725. The highest BCUT2D eigenvalue weighted by atomic mass is 16.4. The highest BCUT2D eigenvalue weighted by Gasteiger charge is 1.93. The lowest BCUT2D eigenvalue weighted by atomic mass is 10.1. The van der Waals surface area contributed by atoms with Gasteiger partial charge in [0.15, 0.2) is 0 Å². The van der Waals surface area contributed by atoms with Crippen molar-refractivity contribution in [3.05, 3.63) is 11.5 Å². The zero-order valence-corrected chi connectivity index (χ0v) is 4.43. The van der Waals surface area contributed by atoms with E-state index in [4.69, 9.17) is 5.11 Å². The van der Waals surface area contributed by atoms with Gasteiger partial charge in [0.1, 0.15) is 7.85 Å². The molecule has 0 saturated heterocycles. The van der Waals surface area contributed by atoms with E-state index in [1.54, 1.807) is 20.7 Å². The molecular formula is C4H7BO2. The lowest BCUT2D eigenvalue weighted by molar-refractivity contribution is -0.132. The van der Waals surface area contributed by atoms with E-state index in [2.05, 4.69) is 0 Å². The van der Waals surface area contributed by atoms with E-state index in [9.17, 15) is 4.79 Å². The zero-order chi connectivity index (χ0) is 5.86. The van der Waals surface area contributed by atoms with Crippen LogP contribution in [0.4, 0.5) is 0 Å². The fourth-order valence-corrected chi connectivity index (χ4v) is 0.123. The molecule has 0 rings (SSSR count). The number of hydrogen-bond acceptors (Lipinski definition) is 1. The van der Waals surface area contributed by atoms with Crippen LogP contribution in [0.2, 0.25) is 0 Å². The van der Waals surface area contributed by atoms with Crippen molar-refractivity contribution in [1.82, 2.24) is 0 Å². The third kappa shape index (κ3) is 2.03. The van der Waals surface area contributed by atoms with Crippen molar-refractivity contribution in [2.24, 2.45) is 0 Å². The first-order chi connectivity index (χ1) is 3.18. The second kappa shape index (κ2) is 2.45. The molecule has 0 aliphatic rings. The van der Waals surface area contributed by atoms with Gasteiger partial charge in [-0.1, -0.05) is 0 Å². The Morgan fingerprint density at radius 3 is 2.29 bits per heavy atom. The summed E-state index contributed by atoms with van der Waals surface area (Å²) >= 11 is 0. The van der Waals surface area contributed by atoms with Crippen LogP contribution < -0.4 is 0 Å². The predicted octanol–water partition coefficient (Wildman–Crippen LogP) is -0.392. The minimum atomic E-state index is -0.845. The van der Waals surface area contributed by atoms with Gasteiger partial charge in [0.05, 0.1) is 0 Å². The van der Waals surface area contributed by atoms with Crippen molar-refractivity contribution < 1.29 is 9.90 Å². The smallest absolute Gasteiger partial charge is 0.330 e. The summed E-state index contributed by atoms with van der Waals surface area (Å²) in [5, 5.41) is 8.11. The first-order valence-corrected chi connectivity index (χ1v) is 2.04. The van der Waals surface area contributed by atoms with E-state index in [0.717, 1.165) is 0 Å². The summed E-state index contributed by atoms with van der Waals surface area (Å²) < 4.78 is 0. The van der Waals surface area contributed by atoms with Crippen LogP contribution in [0, 0.1) is 0 Å². The molecule has 0 aromatic carbocycles. The quantitative estimate of drug-likeness (QED) is 0.358. The molecule has 0 radical (unpaired) electrons. The molecule has 3 heteroatoms. The number of carboxylic acids is 1. The monoisotopic (exact) mass is 98.1 g/mol. The van der Waals surface area contributed by atoms with Gasteiger partial charge in [-0.25, -0.2) is 4.79 Å². The molecule has 0 heterocycles. The van der Waals surface area contributed by atoms with Crippen LogP contribution in [0.25, 0.3) is 0 Å². The Bertz CT molecular complexity index is 106. The zero-order valence-electron chi connectivity index (χ0n) is 4.43. The normalized spacial score (nSPS) is 11.3. The van der Waals surface area contributed by atoms with Crippen molar-refractivity contribution in [1.29, 1.82) is 0 Å². The van der Waals surface area contributed by atoms with Crippen LogP contribution in [-0.2, 0) is 4.79 Å². The maximum atomic E-state index is 9.86. The minimum absolute atomic E-state index is 0.389. The Morgan fingerprint density at radius 2 is 2.29 bits per heavy atom. The lowest BCUT2D eigenvalue weighted by Crippen LogP contribution is -1.94. The van der Waals surface area contributed by atoms with Crippen LogP contribution in [-0.4, -0.2) is 18.9 Å². The first kappa shape index (κ1) is 6.27. The van der Waals surface area contributed by atoms with Crippen LogP contribution in [0.5, 0.6) is 0 Å². The molecule has 0 atom stereocenters. The van der Waals surface area contributed by atoms with Crippen LogP contribution >= 0.6 is 0 Å². The fraction of sp³-hybridized carbons (Fsp3) is 0.250. The largest absolute Gasteiger partial charge is 0.478 e. The molecular weight excluding hydrogens is 90.9 g/mol. The van der Waals surface area contributed by atoms with E-state index >= 15 is 0 Å². The molecule has 0 amide bonds. The molecule has 0 aliphatic heterocycles. The third-order valence-corrected chi connectivity index (χ3v) is 0.770. The summed E-state index contributed by atoms with van der Waals surface area (Å²) in [6.45, 7) is 1.56. The summed E-state index contributed by atoms with van der Waals surface area (Å²) in [6, 6.07) is 0. The topological polar surface area (TPSA) is 37.3 Å². The van der Waals surface area contributed by atoms with Crippen LogP contribution in [0.3, 0.4) is 0 Å². The SMILES string of the molecule is BC=C(C)C(=O)O. The fourth-order valence-electron chi connectivity index (χ4n) is 0.123. The Labute approximate surface area is 43.3 Å². The number of carbonyl (C=O) groups is 1. The lowest BCUT2D eigenvalue weighted by Gasteiger charge is -1.84. The van der Waals surface area contributed by atoms with Crippen molar-refractivity contribution >= 4 is 13.8 Å². The summed E-state index contributed by atoms with van der Waals surface area (Å²) in [5.41, 5.74) is 0.389. The van der Waals surface area contributed by atoms with Gasteiger partial charge in [0.25, 0.3) is 0 Å². The highest BCUT2D eigenvalue weighted by molar-refractivity contribution is 6.19. The predicted molar refractivity (Wildman–Crippen MR) is 29.9 cm³/mol. The molecule has 0 saturated carbocycles. The average Bonchev–Trinajstić information content (AvgIpc) is 1.65. The average molecular weight is 97.9 g/mol. The maximum Gasteiger partial charge on any atom is 0.330 e. The van der Waals surface area contributed by atoms with Crippen molar-refractivity contribution in [2.45, 2.75) is 6.92 Å². The van der Waals surface area contributed by atoms with Crippen LogP contribution in [0.1, 0.15) is 6.92 Å². The van der Waals surface area contributed by atoms with E-state index < -0.39 is 5.97 Å². The second-order valence-corrected chi connectivity index (χ2v) is 1.28. The molecule has 0 fully saturated rings. The number of carboxylic acid groups (broad SMARTS) is 1. The van der Waals surface area contributed by atoms with Gasteiger partial charge in [-0.15, -0.1) is 5.98 Å². The van der Waals surface area contributed by atoms with Gasteiger partial charge in [0.2, 0.25) is 0 Å². The van der Waals surface area contributed by atoms with Crippen LogP contribution in [0.15, 0.2) is 11.5 Å². The van der Waals surface area contributed by atoms with Gasteiger partial charge < -0.3 is 5.11 Å². The van der Waals surface area contributed by atoms with Gasteiger partial charge in [-0.2, -0.15) is 0 Å². The Balaban J connectivity index is 3.82. The summed E-state index contributed by atoms with van der Waals surface area (Å²) in [6.07, 6.45) is 0. The van der Waals surface area contributed by atoms with E-state index in [1.165, 1.54) is 0 Å². The van der Waals surface area contributed by atoms with Gasteiger partial charge in [-0.3, -0.25) is 0 Å². The minimum Gasteiger partial charge on any atom is -0.478 e. The molecule has 0 unspecified atom stereocenters. The third-order valence-electron chi connectivity index (χ3n) is 0.770. The summed E-state index contributed by atoms with van der Waals surface area (Å²) in [5.74, 6) is 0.713. The van der Waals surface area contributed by atoms with E-state index in [0.29, 0.717) is 5.57 Å². The summed E-state index contributed by atoms with van der Waals surface area (Å²) in [7, 11) is 1.70. The van der Waals surface area contributed by atoms with E-state index in [-0.39, 0.29) is 0 Å². The Kier molecular flexibility index (Phi) is 2.19. The molecule has 0 spiro atoms. The van der Waals surface area contributed by atoms with E-state index in [1.807, 2.05) is 0 Å². The first-order valence-electron chi connectivity index (χ1n) is 2.04. The molecule has 0 aromatic heterocycles. The molecule has 0 aliphatic carbocycles. The summed E-state index contributed by atoms with van der Waals surface area (Å²) in [4.78, 5) is 9.86.